The normalized spacial score (nSPS) is 9.61. The van der Waals surface area contributed by atoms with Crippen LogP contribution >= 0.6 is 0 Å². The molecule has 7 heteroatoms. The van der Waals surface area contributed by atoms with Gasteiger partial charge in [-0.2, -0.15) is 5.01 Å². The molecule has 0 aromatic heterocycles. The molecule has 0 radical (unpaired) electrons. The van der Waals surface area contributed by atoms with Gasteiger partial charge in [-0.3, -0.25) is 5.43 Å². The zero-order valence-corrected chi connectivity index (χ0v) is 12.7. The van der Waals surface area contributed by atoms with Crippen molar-refractivity contribution in [1.82, 2.24) is 10.9 Å². The molecule has 3 N–H and O–H groups in total. The maximum atomic E-state index is 12.3. The molecule has 2 aromatic rings. The van der Waals surface area contributed by atoms with Crippen LogP contribution in [0, 0.1) is 0 Å². The molecule has 0 aliphatic rings. The van der Waals surface area contributed by atoms with E-state index in [1.807, 2.05) is 24.3 Å². The molecule has 0 spiro atoms. The van der Waals surface area contributed by atoms with E-state index in [0.717, 1.165) is 5.01 Å². The number of hydrazine groups is 2. The number of benzene rings is 2. The van der Waals surface area contributed by atoms with Gasteiger partial charge in [0.2, 0.25) is 0 Å². The van der Waals surface area contributed by atoms with Gasteiger partial charge in [-0.1, -0.05) is 36.4 Å². The molecule has 0 fully saturated rings. The van der Waals surface area contributed by atoms with Gasteiger partial charge in [0, 0.05) is 0 Å². The predicted octanol–water partition coefficient (Wildman–Crippen LogP) is 2.89. The van der Waals surface area contributed by atoms with E-state index in [4.69, 9.17) is 4.74 Å². The SMILES string of the molecule is CCOC(=O)NN(C(=O)NNc1ccccc1)c1ccccc1. The maximum absolute atomic E-state index is 12.3. The van der Waals surface area contributed by atoms with Crippen molar-refractivity contribution in [3.63, 3.8) is 0 Å². The summed E-state index contributed by atoms with van der Waals surface area (Å²) in [6, 6.07) is 17.3. The second kappa shape index (κ2) is 8.28. The largest absolute Gasteiger partial charge is 0.449 e. The first-order chi connectivity index (χ1) is 11.2. The molecule has 0 saturated carbocycles. The van der Waals surface area contributed by atoms with Gasteiger partial charge < -0.3 is 4.74 Å². The number of carbonyl (C=O) groups excluding carboxylic acids is 2. The fourth-order valence-corrected chi connectivity index (χ4v) is 1.77. The summed E-state index contributed by atoms with van der Waals surface area (Å²) < 4.78 is 4.81. The highest BCUT2D eigenvalue weighted by molar-refractivity contribution is 5.94. The summed E-state index contributed by atoms with van der Waals surface area (Å²) in [6.07, 6.45) is -0.716. The lowest BCUT2D eigenvalue weighted by molar-refractivity contribution is 0.151. The Morgan fingerprint density at radius 1 is 1.00 bits per heavy atom. The summed E-state index contributed by atoms with van der Waals surface area (Å²) >= 11 is 0. The van der Waals surface area contributed by atoms with Crippen LogP contribution in [-0.4, -0.2) is 18.7 Å². The Morgan fingerprint density at radius 3 is 2.22 bits per heavy atom. The smallest absolute Gasteiger partial charge is 0.426 e. The molecule has 2 rings (SSSR count). The van der Waals surface area contributed by atoms with Crippen molar-refractivity contribution in [3.8, 4) is 0 Å². The van der Waals surface area contributed by atoms with E-state index in [9.17, 15) is 9.59 Å². The second-order valence-electron chi connectivity index (χ2n) is 4.42. The fourth-order valence-electron chi connectivity index (χ4n) is 1.77. The van der Waals surface area contributed by atoms with Crippen molar-refractivity contribution in [2.45, 2.75) is 6.92 Å². The Bertz CT molecular complexity index is 634. The van der Waals surface area contributed by atoms with Gasteiger partial charge >= 0.3 is 12.1 Å². The van der Waals surface area contributed by atoms with Gasteiger partial charge in [-0.05, 0) is 31.2 Å². The summed E-state index contributed by atoms with van der Waals surface area (Å²) in [7, 11) is 0. The highest BCUT2D eigenvalue weighted by Crippen LogP contribution is 2.11. The number of nitrogens with zero attached hydrogens (tertiary/aromatic N) is 1. The van der Waals surface area contributed by atoms with E-state index in [2.05, 4.69) is 16.3 Å². The van der Waals surface area contributed by atoms with E-state index in [1.54, 1.807) is 43.3 Å². The molecule has 3 amide bonds. The van der Waals surface area contributed by atoms with Crippen LogP contribution in [0.3, 0.4) is 0 Å². The molecular formula is C16H18N4O3. The van der Waals surface area contributed by atoms with Crippen molar-refractivity contribution in [3.05, 3.63) is 60.7 Å². The topological polar surface area (TPSA) is 82.7 Å². The van der Waals surface area contributed by atoms with Gasteiger partial charge in [0.05, 0.1) is 18.0 Å². The van der Waals surface area contributed by atoms with E-state index in [-0.39, 0.29) is 6.61 Å². The first-order valence-corrected chi connectivity index (χ1v) is 7.10. The Morgan fingerprint density at radius 2 is 1.61 bits per heavy atom. The minimum absolute atomic E-state index is 0.207. The van der Waals surface area contributed by atoms with E-state index in [1.165, 1.54) is 0 Å². The monoisotopic (exact) mass is 314 g/mol. The number of anilines is 2. The third-order valence-corrected chi connectivity index (χ3v) is 2.78. The van der Waals surface area contributed by atoms with E-state index < -0.39 is 12.1 Å². The number of urea groups is 1. The van der Waals surface area contributed by atoms with E-state index in [0.29, 0.717) is 11.4 Å². The van der Waals surface area contributed by atoms with Crippen LogP contribution in [-0.2, 0) is 4.74 Å². The van der Waals surface area contributed by atoms with Crippen molar-refractivity contribution >= 4 is 23.5 Å². The number of hydrogen-bond donors (Lipinski definition) is 3. The predicted molar refractivity (Wildman–Crippen MR) is 87.7 cm³/mol. The molecule has 0 bridgehead atoms. The Balaban J connectivity index is 2.06. The van der Waals surface area contributed by atoms with Crippen LogP contribution in [0.1, 0.15) is 6.92 Å². The first kappa shape index (κ1) is 16.2. The Kier molecular flexibility index (Phi) is 5.81. The second-order valence-corrected chi connectivity index (χ2v) is 4.42. The van der Waals surface area contributed by atoms with Crippen molar-refractivity contribution in [2.75, 3.05) is 17.0 Å². The van der Waals surface area contributed by atoms with Crippen LogP contribution in [0.15, 0.2) is 60.7 Å². The van der Waals surface area contributed by atoms with Crippen LogP contribution in [0.5, 0.6) is 0 Å². The van der Waals surface area contributed by atoms with Crippen LogP contribution in [0.4, 0.5) is 21.0 Å². The van der Waals surface area contributed by atoms with Gasteiger partial charge in [-0.15, -0.1) is 0 Å². The van der Waals surface area contributed by atoms with Gasteiger partial charge in [0.25, 0.3) is 0 Å². The number of para-hydroxylation sites is 2. The highest BCUT2D eigenvalue weighted by atomic mass is 16.6. The molecule has 23 heavy (non-hydrogen) atoms. The number of rotatable bonds is 4. The van der Waals surface area contributed by atoms with Crippen molar-refractivity contribution in [1.29, 1.82) is 0 Å². The fraction of sp³-hybridized carbons (Fsp3) is 0.125. The maximum Gasteiger partial charge on any atom is 0.426 e. The molecule has 7 nitrogen and oxygen atoms in total. The minimum atomic E-state index is -0.716. The summed E-state index contributed by atoms with van der Waals surface area (Å²) in [5, 5.41) is 1.06. The molecule has 0 aliphatic heterocycles. The van der Waals surface area contributed by atoms with Crippen LogP contribution < -0.4 is 21.3 Å². The lowest BCUT2D eigenvalue weighted by Gasteiger charge is -2.23. The first-order valence-electron chi connectivity index (χ1n) is 7.10. The average molecular weight is 314 g/mol. The average Bonchev–Trinajstić information content (AvgIpc) is 2.59. The van der Waals surface area contributed by atoms with Gasteiger partial charge in [-0.25, -0.2) is 20.4 Å². The zero-order chi connectivity index (χ0) is 16.5. The zero-order valence-electron chi connectivity index (χ0n) is 12.7. The highest BCUT2D eigenvalue weighted by Gasteiger charge is 2.18. The summed E-state index contributed by atoms with van der Waals surface area (Å²) in [4.78, 5) is 24.0. The molecule has 0 aliphatic carbocycles. The summed E-state index contributed by atoms with van der Waals surface area (Å²) in [5.74, 6) is 0. The summed E-state index contributed by atoms with van der Waals surface area (Å²) in [5.41, 5.74) is 8.88. The molecule has 0 saturated heterocycles. The Labute approximate surface area is 134 Å². The lowest BCUT2D eigenvalue weighted by Crippen LogP contribution is -2.52. The lowest BCUT2D eigenvalue weighted by atomic mass is 10.3. The molecule has 0 heterocycles. The van der Waals surface area contributed by atoms with Gasteiger partial charge in [0.15, 0.2) is 0 Å². The van der Waals surface area contributed by atoms with Crippen LogP contribution in [0.25, 0.3) is 0 Å². The molecule has 0 unspecified atom stereocenters. The number of carbonyl (C=O) groups is 2. The Hall–Kier alpha value is -3.22. The number of ether oxygens (including phenoxy) is 1. The van der Waals surface area contributed by atoms with Crippen molar-refractivity contribution in [2.24, 2.45) is 0 Å². The van der Waals surface area contributed by atoms with Gasteiger partial charge in [0.1, 0.15) is 0 Å². The number of hydrogen-bond acceptors (Lipinski definition) is 4. The summed E-state index contributed by atoms with van der Waals surface area (Å²) in [6.45, 7) is 1.89. The molecule has 0 atom stereocenters. The number of nitrogens with one attached hydrogen (secondary N) is 3. The quantitative estimate of drug-likeness (QED) is 0.758. The number of amides is 3. The van der Waals surface area contributed by atoms with Crippen LogP contribution in [0.2, 0.25) is 0 Å². The molecule has 2 aromatic carbocycles. The minimum Gasteiger partial charge on any atom is -0.449 e. The third-order valence-electron chi connectivity index (χ3n) is 2.78. The standard InChI is InChI=1S/C16H18N4O3/c1-2-23-16(22)19-20(14-11-7-4-8-12-14)15(21)18-17-13-9-5-3-6-10-13/h3-12,17H,2H2,1H3,(H,18,21)(H,19,22). The molecule has 120 valence electrons. The molecular weight excluding hydrogens is 296 g/mol. The third kappa shape index (κ3) is 4.92. The van der Waals surface area contributed by atoms with E-state index >= 15 is 0 Å². The van der Waals surface area contributed by atoms with Crippen molar-refractivity contribution < 1.29 is 14.3 Å².